The molecule has 3 heterocycles. The molecule has 0 N–H and O–H groups in total. The van der Waals surface area contributed by atoms with E-state index in [-0.39, 0.29) is 5.41 Å². The minimum absolute atomic E-state index is 0.0136. The SMILES string of the molecule is Cc1cccc(C)c1-c1cccc(N2CN(c3cc(Oc4ccc5c6ccccc6n(-c6cc(C(C)(C)C)ccn6)c5c4)cc(-c4c(C)cccc4C)c3)c3ccccc32)c1. The van der Waals surface area contributed by atoms with E-state index >= 15 is 0 Å². The Hall–Kier alpha value is -7.11. The van der Waals surface area contributed by atoms with Gasteiger partial charge >= 0.3 is 0 Å². The normalized spacial score (nSPS) is 12.7. The molecule has 61 heavy (non-hydrogen) atoms. The van der Waals surface area contributed by atoms with E-state index in [1.54, 1.807) is 0 Å². The Balaban J connectivity index is 1.09. The topological polar surface area (TPSA) is 33.5 Å². The van der Waals surface area contributed by atoms with Crippen molar-refractivity contribution in [3.05, 3.63) is 192 Å². The van der Waals surface area contributed by atoms with E-state index in [9.17, 15) is 0 Å². The zero-order chi connectivity index (χ0) is 42.0. The molecule has 1 aliphatic rings. The van der Waals surface area contributed by atoms with Crippen molar-refractivity contribution in [2.75, 3.05) is 16.5 Å². The zero-order valence-corrected chi connectivity index (χ0v) is 36.0. The molecule has 5 nitrogen and oxygen atoms in total. The van der Waals surface area contributed by atoms with Crippen LogP contribution in [-0.4, -0.2) is 16.2 Å². The van der Waals surface area contributed by atoms with Crippen LogP contribution in [-0.2, 0) is 5.41 Å². The van der Waals surface area contributed by atoms with Crippen molar-refractivity contribution >= 4 is 44.6 Å². The van der Waals surface area contributed by atoms with Crippen LogP contribution in [0.2, 0.25) is 0 Å². The fourth-order valence-corrected chi connectivity index (χ4v) is 9.37. The van der Waals surface area contributed by atoms with Crippen molar-refractivity contribution in [1.29, 1.82) is 0 Å². The molecule has 300 valence electrons. The Bertz CT molecular complexity index is 3110. The number of benzene rings is 7. The van der Waals surface area contributed by atoms with Gasteiger partial charge in [0.1, 0.15) is 24.0 Å². The van der Waals surface area contributed by atoms with Gasteiger partial charge in [-0.15, -0.1) is 0 Å². The van der Waals surface area contributed by atoms with Gasteiger partial charge in [-0.3, -0.25) is 4.57 Å². The monoisotopic (exact) mass is 794 g/mol. The molecule has 2 aromatic heterocycles. The molecular weight excluding hydrogens is 745 g/mol. The van der Waals surface area contributed by atoms with Gasteiger partial charge in [0.05, 0.1) is 22.4 Å². The molecule has 0 spiro atoms. The summed E-state index contributed by atoms with van der Waals surface area (Å²) in [5, 5.41) is 2.34. The standard InChI is InChI=1S/C56H50N4O/c1-36-15-12-16-37(2)54(36)40-19-14-20-43(29-40)58-35-59(51-24-11-10-23-50(51)58)44-30-41(55-38(3)17-13-18-39(55)4)31-46(33-44)61-45-25-26-48-47-21-8-9-22-49(47)60(52(48)34-45)53-32-42(27-28-57-53)56(5,6)7/h8-34H,35H2,1-7H3. The third-order valence-electron chi connectivity index (χ3n) is 12.4. The number of hydrogen-bond donors (Lipinski definition) is 0. The number of pyridine rings is 1. The smallest absolute Gasteiger partial charge is 0.137 e. The summed E-state index contributed by atoms with van der Waals surface area (Å²) in [5.41, 5.74) is 17.8. The molecule has 7 aromatic carbocycles. The van der Waals surface area contributed by atoms with Crippen molar-refractivity contribution in [3.63, 3.8) is 0 Å². The first-order valence-electron chi connectivity index (χ1n) is 21.2. The first kappa shape index (κ1) is 38.1. The van der Waals surface area contributed by atoms with E-state index in [1.165, 1.54) is 55.6 Å². The van der Waals surface area contributed by atoms with E-state index < -0.39 is 0 Å². The summed E-state index contributed by atoms with van der Waals surface area (Å²) in [6.07, 6.45) is 1.93. The Morgan fingerprint density at radius 2 is 1.10 bits per heavy atom. The highest BCUT2D eigenvalue weighted by atomic mass is 16.5. The van der Waals surface area contributed by atoms with Crippen LogP contribution in [0, 0.1) is 27.7 Å². The number of para-hydroxylation sites is 3. The summed E-state index contributed by atoms with van der Waals surface area (Å²) < 4.78 is 9.28. The zero-order valence-electron chi connectivity index (χ0n) is 36.0. The van der Waals surface area contributed by atoms with Gasteiger partial charge in [-0.2, -0.15) is 0 Å². The minimum Gasteiger partial charge on any atom is -0.457 e. The molecule has 0 saturated carbocycles. The van der Waals surface area contributed by atoms with E-state index in [0.717, 1.165) is 56.4 Å². The lowest BCUT2D eigenvalue weighted by molar-refractivity contribution is 0.483. The minimum atomic E-state index is -0.0136. The second-order valence-electron chi connectivity index (χ2n) is 17.6. The second-order valence-corrected chi connectivity index (χ2v) is 17.6. The maximum absolute atomic E-state index is 7.01. The lowest BCUT2D eigenvalue weighted by Crippen LogP contribution is -2.24. The number of anilines is 4. The second kappa shape index (κ2) is 14.9. The van der Waals surface area contributed by atoms with Crippen LogP contribution >= 0.6 is 0 Å². The van der Waals surface area contributed by atoms with Gasteiger partial charge in [0, 0.05) is 40.5 Å². The summed E-state index contributed by atoms with van der Waals surface area (Å²) in [5.74, 6) is 2.43. The van der Waals surface area contributed by atoms with Crippen LogP contribution in [0.25, 0.3) is 49.9 Å². The first-order valence-corrected chi connectivity index (χ1v) is 21.2. The van der Waals surface area contributed by atoms with Crippen LogP contribution in [0.15, 0.2) is 164 Å². The average molecular weight is 795 g/mol. The first-order chi connectivity index (χ1) is 29.5. The molecule has 9 aromatic rings. The molecule has 0 atom stereocenters. The Morgan fingerprint density at radius 1 is 0.492 bits per heavy atom. The lowest BCUT2D eigenvalue weighted by Gasteiger charge is -2.24. The molecule has 0 radical (unpaired) electrons. The quantitative estimate of drug-likeness (QED) is 0.161. The average Bonchev–Trinajstić information content (AvgIpc) is 3.80. The van der Waals surface area contributed by atoms with Crippen molar-refractivity contribution in [2.24, 2.45) is 0 Å². The van der Waals surface area contributed by atoms with Crippen LogP contribution < -0.4 is 14.5 Å². The van der Waals surface area contributed by atoms with Gasteiger partial charge in [-0.1, -0.05) is 99.6 Å². The number of nitrogens with zero attached hydrogens (tertiary/aromatic N) is 4. The van der Waals surface area contributed by atoms with E-state index in [1.807, 2.05) is 6.20 Å². The Kier molecular flexibility index (Phi) is 9.29. The molecule has 10 rings (SSSR count). The van der Waals surface area contributed by atoms with Gasteiger partial charge in [0.15, 0.2) is 0 Å². The molecule has 0 saturated heterocycles. The van der Waals surface area contributed by atoms with E-state index in [2.05, 4.69) is 221 Å². The van der Waals surface area contributed by atoms with Gasteiger partial charge in [0.2, 0.25) is 0 Å². The Morgan fingerprint density at radius 3 is 1.80 bits per heavy atom. The predicted octanol–water partition coefficient (Wildman–Crippen LogP) is 15.1. The number of ether oxygens (including phenoxy) is 1. The molecule has 0 unspecified atom stereocenters. The van der Waals surface area contributed by atoms with E-state index in [0.29, 0.717) is 6.67 Å². The molecule has 0 fully saturated rings. The van der Waals surface area contributed by atoms with Crippen LogP contribution in [0.5, 0.6) is 11.5 Å². The third-order valence-corrected chi connectivity index (χ3v) is 12.4. The summed E-state index contributed by atoms with van der Waals surface area (Å²) in [6, 6.07) is 56.9. The summed E-state index contributed by atoms with van der Waals surface area (Å²) in [7, 11) is 0. The molecular formula is C56H50N4O. The third kappa shape index (κ3) is 6.80. The fourth-order valence-electron chi connectivity index (χ4n) is 9.37. The Labute approximate surface area is 359 Å². The highest BCUT2D eigenvalue weighted by Gasteiger charge is 2.29. The van der Waals surface area contributed by atoms with Crippen molar-refractivity contribution < 1.29 is 4.74 Å². The number of rotatable bonds is 7. The van der Waals surface area contributed by atoms with E-state index in [4.69, 9.17) is 9.72 Å². The van der Waals surface area contributed by atoms with Gasteiger partial charge in [-0.25, -0.2) is 4.98 Å². The molecule has 0 bridgehead atoms. The number of aryl methyl sites for hydroxylation is 4. The van der Waals surface area contributed by atoms with Gasteiger partial charge in [0.25, 0.3) is 0 Å². The largest absolute Gasteiger partial charge is 0.457 e. The number of fused-ring (bicyclic) bond motifs is 4. The van der Waals surface area contributed by atoms with Crippen LogP contribution in [0.1, 0.15) is 48.6 Å². The molecule has 0 amide bonds. The van der Waals surface area contributed by atoms with Crippen molar-refractivity contribution in [3.8, 4) is 39.6 Å². The predicted molar refractivity (Wildman–Crippen MR) is 256 cm³/mol. The van der Waals surface area contributed by atoms with Crippen molar-refractivity contribution in [2.45, 2.75) is 53.9 Å². The van der Waals surface area contributed by atoms with Gasteiger partial charge < -0.3 is 14.5 Å². The number of aromatic nitrogens is 2. The maximum atomic E-state index is 7.01. The number of hydrogen-bond acceptors (Lipinski definition) is 4. The fraction of sp³-hybridized carbons (Fsp3) is 0.161. The van der Waals surface area contributed by atoms with Crippen molar-refractivity contribution in [1.82, 2.24) is 9.55 Å². The van der Waals surface area contributed by atoms with Crippen LogP contribution in [0.3, 0.4) is 0 Å². The van der Waals surface area contributed by atoms with Gasteiger partial charge in [-0.05, 0) is 150 Å². The molecule has 1 aliphatic heterocycles. The summed E-state index contributed by atoms with van der Waals surface area (Å²) in [4.78, 5) is 9.75. The maximum Gasteiger partial charge on any atom is 0.137 e. The molecule has 5 heteroatoms. The highest BCUT2D eigenvalue weighted by molar-refractivity contribution is 6.09. The van der Waals surface area contributed by atoms with Crippen LogP contribution in [0.4, 0.5) is 22.7 Å². The summed E-state index contributed by atoms with van der Waals surface area (Å²) >= 11 is 0. The molecule has 0 aliphatic carbocycles. The lowest BCUT2D eigenvalue weighted by atomic mass is 9.88. The highest BCUT2D eigenvalue weighted by Crippen LogP contribution is 2.47. The summed E-state index contributed by atoms with van der Waals surface area (Å²) in [6.45, 7) is 16.2.